The number of halogens is 1. The summed E-state index contributed by atoms with van der Waals surface area (Å²) < 4.78 is 7.18. The number of aromatic nitrogens is 3. The van der Waals surface area contributed by atoms with E-state index in [2.05, 4.69) is 9.97 Å². The highest BCUT2D eigenvalue weighted by molar-refractivity contribution is 7.13. The van der Waals surface area contributed by atoms with Crippen molar-refractivity contribution in [3.8, 4) is 10.6 Å². The molecular weight excluding hydrogens is 446 g/mol. The minimum absolute atomic E-state index is 0.0314. The molecular formula is C24H20ClN3O3S. The predicted molar refractivity (Wildman–Crippen MR) is 125 cm³/mol. The Kier molecular flexibility index (Phi) is 5.76. The van der Waals surface area contributed by atoms with E-state index in [1.165, 1.54) is 11.3 Å². The van der Waals surface area contributed by atoms with Crippen molar-refractivity contribution in [3.05, 3.63) is 80.8 Å². The van der Waals surface area contributed by atoms with E-state index in [1.807, 2.05) is 47.8 Å². The van der Waals surface area contributed by atoms with Crippen LogP contribution in [0.5, 0.6) is 0 Å². The highest BCUT2D eigenvalue weighted by Gasteiger charge is 2.28. The van der Waals surface area contributed by atoms with Crippen LogP contribution in [0.3, 0.4) is 0 Å². The van der Waals surface area contributed by atoms with Gasteiger partial charge in [0.05, 0.1) is 28.0 Å². The second-order valence-corrected chi connectivity index (χ2v) is 9.00. The van der Waals surface area contributed by atoms with Crippen LogP contribution in [0, 0.1) is 0 Å². The number of carbonyl (C=O) groups excluding carboxylic acids is 1. The van der Waals surface area contributed by atoms with Crippen LogP contribution in [-0.2, 0) is 22.6 Å². The van der Waals surface area contributed by atoms with Crippen molar-refractivity contribution < 1.29 is 9.53 Å². The van der Waals surface area contributed by atoms with Crippen LogP contribution in [0.2, 0.25) is 5.02 Å². The first-order chi connectivity index (χ1) is 15.6. The van der Waals surface area contributed by atoms with Gasteiger partial charge in [0.15, 0.2) is 0 Å². The molecule has 1 aliphatic rings. The molecule has 0 radical (unpaired) electrons. The van der Waals surface area contributed by atoms with E-state index in [4.69, 9.17) is 16.3 Å². The number of esters is 1. The van der Waals surface area contributed by atoms with Crippen molar-refractivity contribution in [1.29, 1.82) is 0 Å². The molecule has 162 valence electrons. The van der Waals surface area contributed by atoms with Gasteiger partial charge in [0.25, 0.3) is 5.56 Å². The fraction of sp³-hybridized carbons (Fsp3) is 0.250. The Morgan fingerprint density at radius 2 is 1.91 bits per heavy atom. The molecule has 0 bridgehead atoms. The number of thiazole rings is 1. The number of benzene rings is 2. The van der Waals surface area contributed by atoms with E-state index in [-0.39, 0.29) is 30.6 Å². The van der Waals surface area contributed by atoms with Gasteiger partial charge in [0.1, 0.15) is 17.4 Å². The summed E-state index contributed by atoms with van der Waals surface area (Å²) in [5.74, 6) is 0.296. The molecule has 0 N–H and O–H groups in total. The quantitative estimate of drug-likeness (QED) is 0.351. The molecule has 0 aliphatic heterocycles. The maximum Gasteiger partial charge on any atom is 0.306 e. The smallest absolute Gasteiger partial charge is 0.306 e. The maximum atomic E-state index is 12.9. The van der Waals surface area contributed by atoms with Gasteiger partial charge in [0.2, 0.25) is 0 Å². The average molecular weight is 466 g/mol. The maximum absolute atomic E-state index is 12.9. The molecule has 5 rings (SSSR count). The van der Waals surface area contributed by atoms with Crippen molar-refractivity contribution in [2.45, 2.75) is 38.3 Å². The first-order valence-electron chi connectivity index (χ1n) is 10.5. The normalized spacial score (nSPS) is 13.4. The molecule has 2 aromatic heterocycles. The SMILES string of the molecule is O=C(CCc1nc2ccccc2c(=O)n1C1CC1)OCc1csc(-c2ccccc2Cl)n1. The van der Waals surface area contributed by atoms with Crippen molar-refractivity contribution in [2.75, 3.05) is 0 Å². The molecule has 6 nitrogen and oxygen atoms in total. The molecule has 0 atom stereocenters. The van der Waals surface area contributed by atoms with Gasteiger partial charge in [-0.25, -0.2) is 9.97 Å². The third-order valence-corrected chi connectivity index (χ3v) is 6.64. The topological polar surface area (TPSA) is 74.1 Å². The molecule has 2 aromatic carbocycles. The van der Waals surface area contributed by atoms with E-state index in [0.717, 1.165) is 23.4 Å². The van der Waals surface area contributed by atoms with Gasteiger partial charge < -0.3 is 4.74 Å². The first kappa shape index (κ1) is 20.8. The lowest BCUT2D eigenvalue weighted by Crippen LogP contribution is -2.25. The second-order valence-electron chi connectivity index (χ2n) is 7.74. The summed E-state index contributed by atoms with van der Waals surface area (Å²) in [7, 11) is 0. The van der Waals surface area contributed by atoms with Crippen LogP contribution < -0.4 is 5.56 Å². The lowest BCUT2D eigenvalue weighted by molar-refractivity contribution is -0.145. The van der Waals surface area contributed by atoms with Crippen molar-refractivity contribution >= 4 is 39.8 Å². The Labute approximate surface area is 193 Å². The monoisotopic (exact) mass is 465 g/mol. The van der Waals surface area contributed by atoms with E-state index in [9.17, 15) is 9.59 Å². The number of ether oxygens (including phenoxy) is 1. The summed E-state index contributed by atoms with van der Waals surface area (Å²) in [6.07, 6.45) is 2.44. The van der Waals surface area contributed by atoms with E-state index in [1.54, 1.807) is 10.6 Å². The predicted octanol–water partition coefficient (Wildman–Crippen LogP) is 5.18. The molecule has 1 saturated carbocycles. The number of aryl methyl sites for hydroxylation is 1. The number of rotatable bonds is 7. The molecule has 0 spiro atoms. The van der Waals surface area contributed by atoms with Gasteiger partial charge in [-0.05, 0) is 31.0 Å². The molecule has 2 heterocycles. The minimum atomic E-state index is -0.345. The molecule has 4 aromatic rings. The lowest BCUT2D eigenvalue weighted by Gasteiger charge is -2.12. The van der Waals surface area contributed by atoms with Gasteiger partial charge >= 0.3 is 5.97 Å². The van der Waals surface area contributed by atoms with Crippen LogP contribution in [0.1, 0.15) is 36.8 Å². The van der Waals surface area contributed by atoms with Gasteiger partial charge in [0, 0.05) is 23.4 Å². The van der Waals surface area contributed by atoms with Gasteiger partial charge in [-0.3, -0.25) is 14.2 Å². The largest absolute Gasteiger partial charge is 0.459 e. The third kappa shape index (κ3) is 4.31. The second kappa shape index (κ2) is 8.84. The van der Waals surface area contributed by atoms with Crippen LogP contribution in [0.15, 0.2) is 58.7 Å². The van der Waals surface area contributed by atoms with E-state index >= 15 is 0 Å². The third-order valence-electron chi connectivity index (χ3n) is 5.38. The number of nitrogens with zero attached hydrogens (tertiary/aromatic N) is 3. The summed E-state index contributed by atoms with van der Waals surface area (Å²) >= 11 is 7.69. The molecule has 0 unspecified atom stereocenters. The molecule has 0 saturated heterocycles. The number of hydrogen-bond acceptors (Lipinski definition) is 6. The van der Waals surface area contributed by atoms with Crippen molar-refractivity contribution in [2.24, 2.45) is 0 Å². The zero-order valence-electron chi connectivity index (χ0n) is 17.2. The lowest BCUT2D eigenvalue weighted by atomic mass is 10.2. The summed E-state index contributed by atoms with van der Waals surface area (Å²) in [6.45, 7) is 0.0976. The van der Waals surface area contributed by atoms with E-state index in [0.29, 0.717) is 33.9 Å². The molecule has 1 aliphatic carbocycles. The summed E-state index contributed by atoms with van der Waals surface area (Å²) in [5, 5.41) is 3.90. The fourth-order valence-electron chi connectivity index (χ4n) is 3.65. The van der Waals surface area contributed by atoms with Crippen LogP contribution >= 0.6 is 22.9 Å². The zero-order chi connectivity index (χ0) is 22.1. The molecule has 8 heteroatoms. The summed E-state index contributed by atoms with van der Waals surface area (Å²) in [4.78, 5) is 34.5. The highest BCUT2D eigenvalue weighted by Crippen LogP contribution is 2.35. The van der Waals surface area contributed by atoms with Crippen LogP contribution in [0.4, 0.5) is 0 Å². The first-order valence-corrected chi connectivity index (χ1v) is 11.7. The Morgan fingerprint density at radius 3 is 2.72 bits per heavy atom. The minimum Gasteiger partial charge on any atom is -0.459 e. The Hall–Kier alpha value is -3.03. The summed E-state index contributed by atoms with van der Waals surface area (Å²) in [6, 6.07) is 15.0. The highest BCUT2D eigenvalue weighted by atomic mass is 35.5. The summed E-state index contributed by atoms with van der Waals surface area (Å²) in [5.41, 5.74) is 2.16. The standard InChI is InChI=1S/C24H20ClN3O3S/c25-19-7-3-1-5-17(19)23-26-15(14-32-23)13-31-22(29)12-11-21-27-20-8-4-2-6-18(20)24(30)28(21)16-9-10-16/h1-8,14,16H,9-13H2. The van der Waals surface area contributed by atoms with Crippen LogP contribution in [0.25, 0.3) is 21.5 Å². The fourth-order valence-corrected chi connectivity index (χ4v) is 4.77. The number of carbonyl (C=O) groups is 1. The van der Waals surface area contributed by atoms with Gasteiger partial charge in [-0.2, -0.15) is 0 Å². The number of fused-ring (bicyclic) bond motifs is 1. The molecule has 32 heavy (non-hydrogen) atoms. The number of para-hydroxylation sites is 1. The van der Waals surface area contributed by atoms with Gasteiger partial charge in [-0.1, -0.05) is 41.9 Å². The Bertz CT molecular complexity index is 1360. The Morgan fingerprint density at radius 1 is 1.12 bits per heavy atom. The Balaban J connectivity index is 1.24. The van der Waals surface area contributed by atoms with Crippen molar-refractivity contribution in [1.82, 2.24) is 14.5 Å². The molecule has 1 fully saturated rings. The van der Waals surface area contributed by atoms with Crippen molar-refractivity contribution in [3.63, 3.8) is 0 Å². The average Bonchev–Trinajstić information content (AvgIpc) is 3.53. The molecule has 0 amide bonds. The van der Waals surface area contributed by atoms with Crippen LogP contribution in [-0.4, -0.2) is 20.5 Å². The number of hydrogen-bond donors (Lipinski definition) is 0. The van der Waals surface area contributed by atoms with Gasteiger partial charge in [-0.15, -0.1) is 11.3 Å². The van der Waals surface area contributed by atoms with E-state index < -0.39 is 0 Å². The zero-order valence-corrected chi connectivity index (χ0v) is 18.7.